The number of likely N-dealkylation sites (tertiary alicyclic amines) is 1. The molecule has 2 aromatic heterocycles. The van der Waals surface area contributed by atoms with Crippen molar-refractivity contribution in [3.63, 3.8) is 0 Å². The van der Waals surface area contributed by atoms with Crippen LogP contribution >= 0.6 is 11.6 Å². The number of benzene rings is 1. The number of hydrogen-bond donors (Lipinski definition) is 3. The van der Waals surface area contributed by atoms with Crippen molar-refractivity contribution < 1.29 is 69.2 Å². The molecule has 10 nitrogen and oxygen atoms in total. The molecule has 1 saturated heterocycles. The smallest absolute Gasteiger partial charge is 0.475 e. The highest BCUT2D eigenvalue weighted by atomic mass is 35.5. The molecule has 1 spiro atoms. The van der Waals surface area contributed by atoms with Gasteiger partial charge in [0.1, 0.15) is 0 Å². The monoisotopic (exact) mass is 732 g/mol. The van der Waals surface area contributed by atoms with E-state index in [4.69, 9.17) is 46.3 Å². The molecule has 0 radical (unpaired) electrons. The van der Waals surface area contributed by atoms with E-state index in [1.807, 2.05) is 42.9 Å². The highest BCUT2D eigenvalue weighted by Crippen LogP contribution is 2.45. The Kier molecular flexibility index (Phi) is 13.8. The van der Waals surface area contributed by atoms with Gasteiger partial charge in [-0.05, 0) is 54.4 Å². The summed E-state index contributed by atoms with van der Waals surface area (Å²) >= 11 is 6.17. The van der Waals surface area contributed by atoms with Crippen LogP contribution in [-0.2, 0) is 32.9 Å². The summed E-state index contributed by atoms with van der Waals surface area (Å²) in [5.74, 6) is -8.27. The van der Waals surface area contributed by atoms with E-state index in [1.54, 1.807) is 0 Å². The molecule has 2 aliphatic heterocycles. The zero-order chi connectivity index (χ0) is 37.2. The number of fused-ring (bicyclic) bond motifs is 2. The van der Waals surface area contributed by atoms with E-state index < -0.39 is 36.4 Å². The van der Waals surface area contributed by atoms with Gasteiger partial charge in [-0.3, -0.25) is 14.9 Å². The predicted molar refractivity (Wildman–Crippen MR) is 154 cm³/mol. The van der Waals surface area contributed by atoms with Crippen LogP contribution in [0.1, 0.15) is 23.2 Å². The standard InChI is InChI=1S/C23H23ClN4.3C2HF3O2/c24-20-6-1-4-18(12-20)14-27-11-8-23(16-27)17-28(15-19-5-2-9-25-13-19)21-7-3-10-26-22(21)23;3*3-2(4,5)1(6)7/h1-7,9-10,12-13H,8,11,14-17H2;3*(H,6,7). The van der Waals surface area contributed by atoms with Gasteiger partial charge in [0.2, 0.25) is 0 Å². The number of pyridine rings is 2. The fourth-order valence-corrected chi connectivity index (χ4v) is 4.96. The number of carboxylic acids is 3. The molecule has 4 heterocycles. The second-order valence-corrected chi connectivity index (χ2v) is 10.8. The van der Waals surface area contributed by atoms with Gasteiger partial charge >= 0.3 is 36.4 Å². The summed E-state index contributed by atoms with van der Waals surface area (Å²) in [7, 11) is 0. The number of nitrogens with zero attached hydrogens (tertiary/aromatic N) is 4. The number of halogens is 10. The van der Waals surface area contributed by atoms with Crippen LogP contribution < -0.4 is 4.90 Å². The summed E-state index contributed by atoms with van der Waals surface area (Å²) in [5, 5.41) is 22.2. The van der Waals surface area contributed by atoms with Crippen molar-refractivity contribution in [3.05, 3.63) is 89.0 Å². The first-order valence-electron chi connectivity index (χ1n) is 13.5. The van der Waals surface area contributed by atoms with Crippen molar-refractivity contribution >= 4 is 35.2 Å². The average Bonchev–Trinajstić information content (AvgIpc) is 3.53. The molecule has 49 heavy (non-hydrogen) atoms. The Balaban J connectivity index is 0.000000325. The van der Waals surface area contributed by atoms with Gasteiger partial charge in [0.05, 0.1) is 11.4 Å². The van der Waals surface area contributed by atoms with E-state index in [9.17, 15) is 39.5 Å². The minimum absolute atomic E-state index is 0.109. The SMILES string of the molecule is Clc1cccc(CN2CCC3(C2)CN(Cc2cccnc2)c2cccnc23)c1.O=C(O)C(F)(F)F.O=C(O)C(F)(F)F.O=C(O)C(F)(F)F. The van der Waals surface area contributed by atoms with Crippen molar-refractivity contribution in [2.24, 2.45) is 0 Å². The fraction of sp³-hybridized carbons (Fsp3) is 0.345. The second-order valence-electron chi connectivity index (χ2n) is 10.4. The predicted octanol–water partition coefficient (Wildman–Crippen LogP) is 6.19. The van der Waals surface area contributed by atoms with Gasteiger partial charge in [0, 0.05) is 55.2 Å². The fourth-order valence-electron chi connectivity index (χ4n) is 4.75. The van der Waals surface area contributed by atoms with Crippen LogP contribution in [0.15, 0.2) is 67.1 Å². The van der Waals surface area contributed by atoms with Crippen molar-refractivity contribution in [3.8, 4) is 0 Å². The zero-order valence-corrected chi connectivity index (χ0v) is 25.5. The van der Waals surface area contributed by atoms with Crippen LogP contribution in [0.4, 0.5) is 45.2 Å². The van der Waals surface area contributed by atoms with Crippen LogP contribution in [-0.4, -0.2) is 86.3 Å². The second kappa shape index (κ2) is 16.6. The molecule has 5 rings (SSSR count). The Morgan fingerprint density at radius 3 is 1.78 bits per heavy atom. The van der Waals surface area contributed by atoms with E-state index in [1.165, 1.54) is 22.5 Å². The summed E-state index contributed by atoms with van der Waals surface area (Å²) < 4.78 is 95.2. The lowest BCUT2D eigenvalue weighted by atomic mass is 9.85. The average molecular weight is 733 g/mol. The van der Waals surface area contributed by atoms with Gasteiger partial charge in [0.25, 0.3) is 0 Å². The maximum atomic E-state index is 10.6. The molecular formula is C29H26ClF9N4O6. The summed E-state index contributed by atoms with van der Waals surface area (Å²) in [4.78, 5) is 40.8. The molecule has 0 amide bonds. The molecule has 1 atom stereocenters. The topological polar surface area (TPSA) is 144 Å². The number of alkyl halides is 9. The lowest BCUT2D eigenvalue weighted by molar-refractivity contribution is -0.193. The molecule has 0 aliphatic carbocycles. The third kappa shape index (κ3) is 12.7. The number of hydrogen-bond acceptors (Lipinski definition) is 7. The normalized spacial score (nSPS) is 17.1. The van der Waals surface area contributed by atoms with Crippen LogP contribution in [0.3, 0.4) is 0 Å². The Morgan fingerprint density at radius 2 is 1.29 bits per heavy atom. The Hall–Kier alpha value is -4.65. The maximum absolute atomic E-state index is 10.6. The van der Waals surface area contributed by atoms with Gasteiger partial charge in [-0.15, -0.1) is 0 Å². The van der Waals surface area contributed by atoms with Crippen LogP contribution in [0.25, 0.3) is 0 Å². The van der Waals surface area contributed by atoms with Gasteiger partial charge in [-0.1, -0.05) is 29.8 Å². The lowest BCUT2D eigenvalue weighted by Crippen LogP contribution is -2.36. The number of aromatic nitrogens is 2. The number of carboxylic acid groups (broad SMARTS) is 3. The van der Waals surface area contributed by atoms with Crippen molar-refractivity contribution in [1.29, 1.82) is 0 Å². The Morgan fingerprint density at radius 1 is 0.755 bits per heavy atom. The Bertz CT molecular complexity index is 1520. The van der Waals surface area contributed by atoms with Crippen LogP contribution in [0.5, 0.6) is 0 Å². The number of anilines is 1. The summed E-state index contributed by atoms with van der Waals surface area (Å²) in [5.41, 5.74) is 5.15. The Labute approximate surface area is 276 Å². The molecule has 0 saturated carbocycles. The number of rotatable bonds is 4. The number of carbonyl (C=O) groups is 3. The molecule has 20 heteroatoms. The third-order valence-electron chi connectivity index (χ3n) is 6.67. The minimum atomic E-state index is -5.08. The number of aliphatic carboxylic acids is 3. The van der Waals surface area contributed by atoms with E-state index in [0.29, 0.717) is 0 Å². The maximum Gasteiger partial charge on any atom is 0.490 e. The largest absolute Gasteiger partial charge is 0.490 e. The van der Waals surface area contributed by atoms with Gasteiger partial charge in [-0.2, -0.15) is 39.5 Å². The van der Waals surface area contributed by atoms with E-state index in [0.717, 1.165) is 44.2 Å². The highest BCUT2D eigenvalue weighted by Gasteiger charge is 2.48. The van der Waals surface area contributed by atoms with Crippen molar-refractivity contribution in [1.82, 2.24) is 14.9 Å². The van der Waals surface area contributed by atoms with Crippen molar-refractivity contribution in [2.75, 3.05) is 24.5 Å². The molecule has 1 fully saturated rings. The summed E-state index contributed by atoms with van der Waals surface area (Å²) in [6.45, 7) is 4.95. The third-order valence-corrected chi connectivity index (χ3v) is 6.91. The summed E-state index contributed by atoms with van der Waals surface area (Å²) in [6, 6.07) is 16.6. The molecule has 268 valence electrons. The van der Waals surface area contributed by atoms with Gasteiger partial charge in [-0.25, -0.2) is 14.4 Å². The first-order valence-corrected chi connectivity index (χ1v) is 13.9. The highest BCUT2D eigenvalue weighted by molar-refractivity contribution is 6.30. The van der Waals surface area contributed by atoms with Crippen LogP contribution in [0.2, 0.25) is 5.02 Å². The van der Waals surface area contributed by atoms with E-state index in [-0.39, 0.29) is 5.41 Å². The minimum Gasteiger partial charge on any atom is -0.475 e. The quantitative estimate of drug-likeness (QED) is 0.266. The zero-order valence-electron chi connectivity index (χ0n) is 24.7. The lowest BCUT2D eigenvalue weighted by Gasteiger charge is -2.26. The summed E-state index contributed by atoms with van der Waals surface area (Å²) in [6.07, 6.45) is -8.38. The first kappa shape index (κ1) is 40.5. The van der Waals surface area contributed by atoms with E-state index >= 15 is 0 Å². The molecule has 0 bridgehead atoms. The molecule has 1 aromatic carbocycles. The molecule has 1 unspecified atom stereocenters. The first-order chi connectivity index (χ1) is 22.5. The van der Waals surface area contributed by atoms with Crippen molar-refractivity contribution in [2.45, 2.75) is 43.5 Å². The van der Waals surface area contributed by atoms with Gasteiger partial charge < -0.3 is 20.2 Å². The molecular weight excluding hydrogens is 707 g/mol. The molecule has 3 N–H and O–H groups in total. The van der Waals surface area contributed by atoms with E-state index in [2.05, 4.69) is 39.0 Å². The van der Waals surface area contributed by atoms with Crippen LogP contribution in [0, 0.1) is 0 Å². The molecule has 2 aliphatic rings. The molecule has 3 aromatic rings. The van der Waals surface area contributed by atoms with Gasteiger partial charge in [0.15, 0.2) is 0 Å².